The molecule has 0 saturated carbocycles. The maximum atomic E-state index is 14.4. The zero-order valence-electron chi connectivity index (χ0n) is 19.5. The van der Waals surface area contributed by atoms with E-state index >= 15 is 0 Å². The van der Waals surface area contributed by atoms with Crippen LogP contribution in [0.15, 0.2) is 83.7 Å². The van der Waals surface area contributed by atoms with Crippen LogP contribution in [-0.4, -0.2) is 20.1 Å². The second-order valence-corrected chi connectivity index (χ2v) is 10.5. The van der Waals surface area contributed by atoms with E-state index in [0.29, 0.717) is 20.6 Å². The molecule has 1 atom stereocenters. The molecule has 8 heteroatoms. The molecule has 0 amide bonds. The first-order valence-corrected chi connectivity index (χ1v) is 12.8. The Morgan fingerprint density at radius 1 is 1.03 bits per heavy atom. The maximum absolute atomic E-state index is 14.4. The van der Waals surface area contributed by atoms with Crippen LogP contribution in [0.3, 0.4) is 0 Å². The molecule has 3 aromatic carbocycles. The second kappa shape index (κ2) is 10.2. The van der Waals surface area contributed by atoms with E-state index < -0.39 is 11.5 Å². The lowest BCUT2D eigenvalue weighted by Crippen LogP contribution is -2.28. The van der Waals surface area contributed by atoms with Crippen molar-refractivity contribution < 1.29 is 9.18 Å². The van der Waals surface area contributed by atoms with Crippen LogP contribution in [0.5, 0.6) is 0 Å². The highest BCUT2D eigenvalue weighted by Crippen LogP contribution is 2.30. The Balaban J connectivity index is 1.43. The van der Waals surface area contributed by atoms with Gasteiger partial charge in [-0.25, -0.2) is 13.9 Å². The molecule has 2 heterocycles. The van der Waals surface area contributed by atoms with Crippen molar-refractivity contribution in [3.63, 3.8) is 0 Å². The molecular weight excluding hydrogens is 497 g/mol. The van der Waals surface area contributed by atoms with Crippen molar-refractivity contribution in [3.8, 4) is 10.7 Å². The molecule has 0 bridgehead atoms. The zero-order chi connectivity index (χ0) is 25.2. The number of rotatable bonds is 8. The third-order valence-electron chi connectivity index (χ3n) is 6.22. The Morgan fingerprint density at radius 3 is 2.56 bits per heavy atom. The Hall–Kier alpha value is -3.55. The van der Waals surface area contributed by atoms with Gasteiger partial charge in [0, 0.05) is 12.0 Å². The lowest BCUT2D eigenvalue weighted by atomic mass is 9.91. The maximum Gasteiger partial charge on any atom is 0.346 e. The fourth-order valence-corrected chi connectivity index (χ4v) is 5.50. The van der Waals surface area contributed by atoms with Gasteiger partial charge in [-0.2, -0.15) is 0 Å². The van der Waals surface area contributed by atoms with Gasteiger partial charge in [-0.3, -0.25) is 9.36 Å². The van der Waals surface area contributed by atoms with Crippen molar-refractivity contribution in [1.82, 2.24) is 14.3 Å². The fourth-order valence-electron chi connectivity index (χ4n) is 4.46. The average Bonchev–Trinajstić information content (AvgIpc) is 3.43. The summed E-state index contributed by atoms with van der Waals surface area (Å²) in [6.07, 6.45) is 0.265. The van der Waals surface area contributed by atoms with E-state index in [-0.39, 0.29) is 31.2 Å². The van der Waals surface area contributed by atoms with Crippen molar-refractivity contribution >= 4 is 39.5 Å². The second-order valence-electron chi connectivity index (χ2n) is 8.76. The van der Waals surface area contributed by atoms with Gasteiger partial charge in [0.25, 0.3) is 0 Å². The number of benzene rings is 3. The van der Waals surface area contributed by atoms with Crippen LogP contribution in [0, 0.1) is 5.82 Å². The molecule has 0 radical (unpaired) electrons. The number of thiophene rings is 1. The number of carbonyl (C=O) groups is 1. The molecule has 0 aliphatic heterocycles. The molecule has 5 nitrogen and oxygen atoms in total. The molecule has 0 spiro atoms. The van der Waals surface area contributed by atoms with Crippen molar-refractivity contribution in [1.29, 1.82) is 0 Å². The minimum absolute atomic E-state index is 0.00302. The normalized spacial score (nSPS) is 12.2. The molecule has 0 aliphatic rings. The topological polar surface area (TPSA) is 56.9 Å². The van der Waals surface area contributed by atoms with Crippen molar-refractivity contribution in [2.45, 2.75) is 32.4 Å². The molecule has 36 heavy (non-hydrogen) atoms. The van der Waals surface area contributed by atoms with Gasteiger partial charge in [-0.05, 0) is 40.5 Å². The number of carbonyl (C=O) groups excluding carboxylic acids is 1. The van der Waals surface area contributed by atoms with Crippen LogP contribution in [0.25, 0.3) is 21.5 Å². The minimum atomic E-state index is -0.469. The van der Waals surface area contributed by atoms with Gasteiger partial charge >= 0.3 is 5.69 Å². The quantitative estimate of drug-likeness (QED) is 0.234. The highest BCUT2D eigenvalue weighted by molar-refractivity contribution is 7.19. The first-order valence-electron chi connectivity index (χ1n) is 11.6. The van der Waals surface area contributed by atoms with Crippen LogP contribution in [0.4, 0.5) is 4.39 Å². The predicted octanol–water partition coefficient (Wildman–Crippen LogP) is 6.53. The molecule has 182 valence electrons. The third-order valence-corrected chi connectivity index (χ3v) is 7.44. The highest BCUT2D eigenvalue weighted by atomic mass is 35.5. The fraction of sp³-hybridized carbons (Fsp3) is 0.179. The van der Waals surface area contributed by atoms with Crippen LogP contribution in [0.2, 0.25) is 4.34 Å². The molecule has 2 aromatic heterocycles. The number of aromatic nitrogens is 3. The molecule has 0 unspecified atom stereocenters. The number of fused-ring (bicyclic) bond motifs is 1. The van der Waals surface area contributed by atoms with E-state index in [2.05, 4.69) is 11.2 Å². The number of nitrogens with zero attached hydrogens (tertiary/aromatic N) is 3. The molecule has 0 aliphatic carbocycles. The number of halogens is 2. The molecule has 0 fully saturated rings. The van der Waals surface area contributed by atoms with E-state index in [4.69, 9.17) is 11.6 Å². The molecule has 5 aromatic rings. The minimum Gasteiger partial charge on any atom is -0.298 e. The van der Waals surface area contributed by atoms with Crippen LogP contribution in [-0.2, 0) is 17.9 Å². The van der Waals surface area contributed by atoms with E-state index in [0.717, 1.165) is 16.3 Å². The van der Waals surface area contributed by atoms with Crippen molar-refractivity contribution in [2.24, 2.45) is 0 Å². The smallest absolute Gasteiger partial charge is 0.298 e. The van der Waals surface area contributed by atoms with Gasteiger partial charge in [-0.1, -0.05) is 79.2 Å². The standard InChI is InChI=1S/C28H23ClFN3O2S/c1-18(22-11-6-9-19-7-2-4-10-23(19)22)15-21(34)17-33-28(35)32(16-20-8-3-5-12-24(20)30)27(31-33)25-13-14-26(29)36-25/h2-14,18H,15-17H2,1H3/t18-/m1/s1. The molecule has 0 N–H and O–H groups in total. The monoisotopic (exact) mass is 519 g/mol. The number of Topliss-reactive ketones (excluding diaryl/α,β-unsaturated/α-hetero) is 1. The Kier molecular flexibility index (Phi) is 6.85. The van der Waals surface area contributed by atoms with E-state index in [1.165, 1.54) is 26.7 Å². The summed E-state index contributed by atoms with van der Waals surface area (Å²) >= 11 is 7.39. The van der Waals surface area contributed by atoms with E-state index in [1.54, 1.807) is 30.3 Å². The van der Waals surface area contributed by atoms with Gasteiger partial charge in [0.15, 0.2) is 11.6 Å². The lowest BCUT2D eigenvalue weighted by Gasteiger charge is -2.14. The number of ketones is 1. The third kappa shape index (κ3) is 4.90. The zero-order valence-corrected chi connectivity index (χ0v) is 21.1. The summed E-state index contributed by atoms with van der Waals surface area (Å²) in [6.45, 7) is 1.85. The average molecular weight is 520 g/mol. The number of hydrogen-bond donors (Lipinski definition) is 0. The first-order chi connectivity index (χ1) is 17.4. The molecule has 0 saturated heterocycles. The summed E-state index contributed by atoms with van der Waals surface area (Å²) in [5.74, 6) is -0.193. The SMILES string of the molecule is C[C@H](CC(=O)Cn1nc(-c2ccc(Cl)s2)n(Cc2ccccc2F)c1=O)c1cccc2ccccc12. The van der Waals surface area contributed by atoms with Gasteiger partial charge in [-0.15, -0.1) is 16.4 Å². The van der Waals surface area contributed by atoms with Gasteiger partial charge in [0.2, 0.25) is 0 Å². The summed E-state index contributed by atoms with van der Waals surface area (Å²) in [7, 11) is 0. The molecular formula is C28H23ClFN3O2S. The van der Waals surface area contributed by atoms with Crippen LogP contribution >= 0.6 is 22.9 Å². The van der Waals surface area contributed by atoms with Crippen molar-refractivity contribution in [3.05, 3.63) is 111 Å². The first kappa shape index (κ1) is 24.2. The lowest BCUT2D eigenvalue weighted by molar-refractivity contribution is -0.120. The van der Waals surface area contributed by atoms with E-state index in [1.807, 2.05) is 43.3 Å². The number of hydrogen-bond acceptors (Lipinski definition) is 4. The Morgan fingerprint density at radius 2 is 1.78 bits per heavy atom. The summed E-state index contributed by atoms with van der Waals surface area (Å²) < 4.78 is 17.5. The van der Waals surface area contributed by atoms with Gasteiger partial charge < -0.3 is 0 Å². The van der Waals surface area contributed by atoms with Gasteiger partial charge in [0.1, 0.15) is 12.4 Å². The molecule has 5 rings (SSSR count). The summed E-state index contributed by atoms with van der Waals surface area (Å²) in [5.41, 5.74) is 0.982. The van der Waals surface area contributed by atoms with Crippen LogP contribution < -0.4 is 5.69 Å². The Bertz CT molecular complexity index is 1620. The summed E-state index contributed by atoms with van der Waals surface area (Å²) in [6, 6.07) is 23.9. The predicted molar refractivity (Wildman–Crippen MR) is 142 cm³/mol. The highest BCUT2D eigenvalue weighted by Gasteiger charge is 2.21. The van der Waals surface area contributed by atoms with E-state index in [9.17, 15) is 14.0 Å². The van der Waals surface area contributed by atoms with Crippen LogP contribution in [0.1, 0.15) is 30.4 Å². The summed E-state index contributed by atoms with van der Waals surface area (Å²) in [5, 5.41) is 6.70. The van der Waals surface area contributed by atoms with Crippen molar-refractivity contribution in [2.75, 3.05) is 0 Å². The summed E-state index contributed by atoms with van der Waals surface area (Å²) in [4.78, 5) is 27.1. The van der Waals surface area contributed by atoms with Gasteiger partial charge in [0.05, 0.1) is 15.8 Å². The Labute approximate surface area is 216 Å². The largest absolute Gasteiger partial charge is 0.346 e.